The number of hydrogen-bond acceptors (Lipinski definition) is 8. The Bertz CT molecular complexity index is 1130. The Hall–Kier alpha value is -3.04. The summed E-state index contributed by atoms with van der Waals surface area (Å²) in [5, 5.41) is 11.1. The summed E-state index contributed by atoms with van der Waals surface area (Å²) in [6.45, 7) is 4.56. The van der Waals surface area contributed by atoms with E-state index >= 15 is 0 Å². The van der Waals surface area contributed by atoms with E-state index < -0.39 is 0 Å². The second kappa shape index (κ2) is 8.37. The molecule has 0 amide bonds. The number of halogens is 1. The fraction of sp³-hybridized carbons (Fsp3) is 0.238. The van der Waals surface area contributed by atoms with Crippen molar-refractivity contribution in [1.82, 2.24) is 25.2 Å². The van der Waals surface area contributed by atoms with Crippen LogP contribution in [0.1, 0.15) is 5.56 Å². The highest BCUT2D eigenvalue weighted by atomic mass is 79.9. The molecule has 2 aromatic carbocycles. The molecule has 1 saturated heterocycles. The number of nitrogens with zero attached hydrogens (tertiary/aromatic N) is 6. The molecular formula is C21H20BrN7O. The first-order valence-corrected chi connectivity index (χ1v) is 10.6. The maximum atomic E-state index is 4.83. The largest absolute Gasteiger partial charge is 0.351 e. The molecule has 9 heteroatoms. The summed E-state index contributed by atoms with van der Waals surface area (Å²) in [6.07, 6.45) is 0. The molecule has 0 saturated carbocycles. The Kier molecular flexibility index (Phi) is 5.29. The molecule has 4 aromatic rings. The number of benzene rings is 2. The highest BCUT2D eigenvalue weighted by molar-refractivity contribution is 9.10. The van der Waals surface area contributed by atoms with E-state index in [0.29, 0.717) is 17.1 Å². The third kappa shape index (κ3) is 4.12. The van der Waals surface area contributed by atoms with Crippen molar-refractivity contribution < 1.29 is 4.63 Å². The van der Waals surface area contributed by atoms with E-state index in [1.807, 2.05) is 24.3 Å². The van der Waals surface area contributed by atoms with Crippen molar-refractivity contribution in [2.75, 3.05) is 36.4 Å². The fourth-order valence-corrected chi connectivity index (χ4v) is 3.83. The zero-order valence-corrected chi connectivity index (χ0v) is 17.8. The summed E-state index contributed by atoms with van der Waals surface area (Å²) in [5.74, 6) is 1.41. The van der Waals surface area contributed by atoms with Crippen molar-refractivity contribution in [3.63, 3.8) is 0 Å². The third-order valence-electron chi connectivity index (χ3n) is 5.12. The van der Waals surface area contributed by atoms with Crippen molar-refractivity contribution in [2.24, 2.45) is 0 Å². The minimum Gasteiger partial charge on any atom is -0.351 e. The molecule has 8 nitrogen and oxygen atoms in total. The van der Waals surface area contributed by atoms with Crippen molar-refractivity contribution in [2.45, 2.75) is 6.54 Å². The lowest BCUT2D eigenvalue weighted by Gasteiger charge is -2.35. The van der Waals surface area contributed by atoms with E-state index in [0.717, 1.165) is 48.7 Å². The smallest absolute Gasteiger partial charge is 0.245 e. The lowest BCUT2D eigenvalue weighted by Crippen LogP contribution is -2.46. The monoisotopic (exact) mass is 465 g/mol. The van der Waals surface area contributed by atoms with Gasteiger partial charge in [-0.1, -0.05) is 46.3 Å². The predicted octanol–water partition coefficient (Wildman–Crippen LogP) is 3.84. The molecule has 1 fully saturated rings. The maximum Gasteiger partial charge on any atom is 0.245 e. The maximum absolute atomic E-state index is 4.83. The normalized spacial score (nSPS) is 14.9. The highest BCUT2D eigenvalue weighted by Crippen LogP contribution is 2.28. The van der Waals surface area contributed by atoms with Gasteiger partial charge in [-0.15, -0.1) is 0 Å². The summed E-state index contributed by atoms with van der Waals surface area (Å²) in [4.78, 5) is 14.0. The first-order valence-electron chi connectivity index (χ1n) is 9.79. The van der Waals surface area contributed by atoms with Gasteiger partial charge in [-0.2, -0.15) is 0 Å². The van der Waals surface area contributed by atoms with E-state index in [-0.39, 0.29) is 0 Å². The van der Waals surface area contributed by atoms with Crippen LogP contribution < -0.4 is 10.2 Å². The summed E-state index contributed by atoms with van der Waals surface area (Å²) in [6, 6.07) is 18.5. The molecule has 30 heavy (non-hydrogen) atoms. The van der Waals surface area contributed by atoms with Crippen LogP contribution in [0.25, 0.3) is 11.3 Å². The van der Waals surface area contributed by atoms with Gasteiger partial charge in [0.15, 0.2) is 11.6 Å². The second-order valence-corrected chi connectivity index (χ2v) is 8.10. The topological polar surface area (TPSA) is 83.2 Å². The Morgan fingerprint density at radius 3 is 2.30 bits per heavy atom. The van der Waals surface area contributed by atoms with Crippen LogP contribution in [0, 0.1) is 0 Å². The molecular weight excluding hydrogens is 446 g/mol. The number of fused-ring (bicyclic) bond motifs is 1. The van der Waals surface area contributed by atoms with Gasteiger partial charge in [-0.3, -0.25) is 4.90 Å². The Labute approximate surface area is 182 Å². The second-order valence-electron chi connectivity index (χ2n) is 7.19. The number of hydrogen-bond donors (Lipinski definition) is 1. The van der Waals surface area contributed by atoms with Crippen molar-refractivity contribution in [3.05, 3.63) is 64.6 Å². The lowest BCUT2D eigenvalue weighted by atomic mass is 10.2. The van der Waals surface area contributed by atoms with E-state index in [4.69, 9.17) is 4.63 Å². The minimum atomic E-state index is 0.390. The number of rotatable bonds is 5. The van der Waals surface area contributed by atoms with Crippen LogP contribution in [-0.2, 0) is 6.54 Å². The molecule has 1 aliphatic heterocycles. The average Bonchev–Trinajstić information content (AvgIpc) is 3.24. The van der Waals surface area contributed by atoms with E-state index in [9.17, 15) is 0 Å². The molecule has 2 aromatic heterocycles. The molecule has 0 aliphatic carbocycles. The van der Waals surface area contributed by atoms with Gasteiger partial charge in [-0.25, -0.2) is 14.6 Å². The fourth-order valence-electron chi connectivity index (χ4n) is 3.56. The molecule has 0 unspecified atom stereocenters. The third-order valence-corrected chi connectivity index (χ3v) is 5.65. The summed E-state index contributed by atoms with van der Waals surface area (Å²) in [7, 11) is 0. The molecule has 0 radical (unpaired) electrons. The Morgan fingerprint density at radius 1 is 0.867 bits per heavy atom. The number of nitrogens with one attached hydrogen (secondary N) is 1. The van der Waals surface area contributed by atoms with Gasteiger partial charge < -0.3 is 10.2 Å². The number of piperazine rings is 1. The number of aromatic nitrogens is 4. The van der Waals surface area contributed by atoms with Gasteiger partial charge in [0.1, 0.15) is 0 Å². The summed E-state index contributed by atoms with van der Waals surface area (Å²) in [5.41, 5.74) is 3.06. The molecule has 0 spiro atoms. The van der Waals surface area contributed by atoms with Crippen molar-refractivity contribution >= 4 is 44.5 Å². The van der Waals surface area contributed by atoms with Gasteiger partial charge in [0.2, 0.25) is 11.3 Å². The van der Waals surface area contributed by atoms with Crippen LogP contribution in [-0.4, -0.2) is 51.4 Å². The molecule has 3 heterocycles. The van der Waals surface area contributed by atoms with Gasteiger partial charge >= 0.3 is 0 Å². The van der Waals surface area contributed by atoms with Gasteiger partial charge in [-0.05, 0) is 40.1 Å². The van der Waals surface area contributed by atoms with Gasteiger partial charge in [0.05, 0.1) is 0 Å². The van der Waals surface area contributed by atoms with Crippen LogP contribution in [0.4, 0.5) is 17.3 Å². The molecule has 152 valence electrons. The van der Waals surface area contributed by atoms with E-state index in [1.54, 1.807) is 0 Å². The predicted molar refractivity (Wildman–Crippen MR) is 119 cm³/mol. The summed E-state index contributed by atoms with van der Waals surface area (Å²) < 4.78 is 5.84. The van der Waals surface area contributed by atoms with Crippen LogP contribution in [0.5, 0.6) is 0 Å². The zero-order chi connectivity index (χ0) is 20.3. The molecule has 0 atom stereocenters. The lowest BCUT2D eigenvalue weighted by molar-refractivity contribution is 0.249. The Morgan fingerprint density at radius 2 is 1.57 bits per heavy atom. The van der Waals surface area contributed by atoms with E-state index in [1.165, 1.54) is 5.56 Å². The van der Waals surface area contributed by atoms with Gasteiger partial charge in [0.25, 0.3) is 0 Å². The standard InChI is InChI=1S/C21H20BrN7O/c22-16-6-8-17(9-7-16)23-20-21(25-19-18(24-20)26-30-27-19)29-12-10-28(11-13-29)14-15-4-2-1-3-5-15/h1-9H,10-14H2,(H,23,24,26). The average molecular weight is 466 g/mol. The molecule has 1 aliphatic rings. The van der Waals surface area contributed by atoms with Gasteiger partial charge in [0, 0.05) is 42.9 Å². The highest BCUT2D eigenvalue weighted by Gasteiger charge is 2.23. The summed E-state index contributed by atoms with van der Waals surface area (Å²) >= 11 is 3.47. The number of anilines is 3. The van der Waals surface area contributed by atoms with Crippen LogP contribution in [0.2, 0.25) is 0 Å². The van der Waals surface area contributed by atoms with Crippen molar-refractivity contribution in [1.29, 1.82) is 0 Å². The quantitative estimate of drug-likeness (QED) is 0.475. The SMILES string of the molecule is Brc1ccc(Nc2nc3nonc3nc2N2CCN(Cc3ccccc3)CC2)cc1. The zero-order valence-electron chi connectivity index (χ0n) is 16.2. The first kappa shape index (κ1) is 19.0. The molecule has 5 rings (SSSR count). The first-order chi connectivity index (χ1) is 14.7. The van der Waals surface area contributed by atoms with Crippen LogP contribution in [0.15, 0.2) is 63.7 Å². The minimum absolute atomic E-state index is 0.390. The van der Waals surface area contributed by atoms with Crippen molar-refractivity contribution in [3.8, 4) is 0 Å². The van der Waals surface area contributed by atoms with Crippen LogP contribution >= 0.6 is 15.9 Å². The van der Waals surface area contributed by atoms with Crippen LogP contribution in [0.3, 0.4) is 0 Å². The molecule has 1 N–H and O–H groups in total. The van der Waals surface area contributed by atoms with E-state index in [2.05, 4.69) is 81.7 Å². The molecule has 0 bridgehead atoms. The Balaban J connectivity index is 1.36.